The van der Waals surface area contributed by atoms with Crippen LogP contribution in [0.5, 0.6) is 5.88 Å². The zero-order valence-corrected chi connectivity index (χ0v) is 22.7. The van der Waals surface area contributed by atoms with Crippen LogP contribution < -0.4 is 10.1 Å². The number of ether oxygens (including phenoxy) is 2. The van der Waals surface area contributed by atoms with Crippen molar-refractivity contribution in [2.45, 2.75) is 64.5 Å². The van der Waals surface area contributed by atoms with Crippen LogP contribution in [0.15, 0.2) is 54.9 Å². The van der Waals surface area contributed by atoms with Crippen LogP contribution in [0, 0.1) is 0 Å². The minimum absolute atomic E-state index is 0.306. The highest BCUT2D eigenvalue weighted by molar-refractivity contribution is 5.97. The fourth-order valence-corrected chi connectivity index (χ4v) is 5.12. The lowest BCUT2D eigenvalue weighted by atomic mass is 9.88. The molecule has 0 saturated carbocycles. The Labute approximate surface area is 223 Å². The number of aromatic nitrogens is 4. The number of hydrogen-bond acceptors (Lipinski definition) is 7. The van der Waals surface area contributed by atoms with Crippen LogP contribution in [0.3, 0.4) is 0 Å². The van der Waals surface area contributed by atoms with Crippen molar-refractivity contribution < 1.29 is 14.3 Å². The second kappa shape index (κ2) is 10.5. The van der Waals surface area contributed by atoms with Crippen molar-refractivity contribution in [2.75, 3.05) is 13.7 Å². The quantitative estimate of drug-likeness (QED) is 0.340. The zero-order valence-electron chi connectivity index (χ0n) is 22.7. The Balaban J connectivity index is 1.68. The molecule has 8 nitrogen and oxygen atoms in total. The molecule has 198 valence electrons. The van der Waals surface area contributed by atoms with E-state index in [1.165, 1.54) is 18.4 Å². The summed E-state index contributed by atoms with van der Waals surface area (Å²) in [6, 6.07) is 14.4. The summed E-state index contributed by atoms with van der Waals surface area (Å²) < 4.78 is 13.1. The van der Waals surface area contributed by atoms with E-state index in [0.717, 1.165) is 29.4 Å². The molecule has 1 aliphatic rings. The van der Waals surface area contributed by atoms with Gasteiger partial charge in [-0.2, -0.15) is 0 Å². The molecule has 1 aliphatic heterocycles. The van der Waals surface area contributed by atoms with Gasteiger partial charge in [0.15, 0.2) is 0 Å². The SMILES string of the molecule is COc1nnc(-c2ccncc2)cc1-c1cc2ccc(C(C)C3CCCCN3)cc2n1C(=O)OC(C)(C)C. The van der Waals surface area contributed by atoms with Gasteiger partial charge in [-0.15, -0.1) is 10.2 Å². The van der Waals surface area contributed by atoms with Gasteiger partial charge in [0.25, 0.3) is 0 Å². The van der Waals surface area contributed by atoms with E-state index in [1.807, 2.05) is 45.0 Å². The largest absolute Gasteiger partial charge is 0.479 e. The van der Waals surface area contributed by atoms with Gasteiger partial charge in [-0.05, 0) is 82.0 Å². The Morgan fingerprint density at radius 2 is 1.87 bits per heavy atom. The molecule has 3 aromatic heterocycles. The fourth-order valence-electron chi connectivity index (χ4n) is 5.12. The predicted octanol–water partition coefficient (Wildman–Crippen LogP) is 6.20. The van der Waals surface area contributed by atoms with Gasteiger partial charge in [-0.3, -0.25) is 4.98 Å². The Kier molecular flexibility index (Phi) is 7.17. The number of benzene rings is 1. The average molecular weight is 514 g/mol. The molecule has 2 atom stereocenters. The molecule has 8 heteroatoms. The van der Waals surface area contributed by atoms with Gasteiger partial charge in [-0.25, -0.2) is 9.36 Å². The molecule has 0 bridgehead atoms. The summed E-state index contributed by atoms with van der Waals surface area (Å²) in [5, 5.41) is 13.3. The summed E-state index contributed by atoms with van der Waals surface area (Å²) in [7, 11) is 1.55. The topological polar surface area (TPSA) is 91.2 Å². The summed E-state index contributed by atoms with van der Waals surface area (Å²) in [6.07, 6.45) is 6.57. The van der Waals surface area contributed by atoms with Crippen molar-refractivity contribution in [3.8, 4) is 28.4 Å². The molecule has 0 spiro atoms. The number of pyridine rings is 1. The maximum atomic E-state index is 13.7. The normalized spacial score (nSPS) is 16.8. The minimum Gasteiger partial charge on any atom is -0.479 e. The first-order valence-electron chi connectivity index (χ1n) is 13.2. The van der Waals surface area contributed by atoms with E-state index in [0.29, 0.717) is 34.8 Å². The molecule has 1 N–H and O–H groups in total. The highest BCUT2D eigenvalue weighted by Crippen LogP contribution is 2.37. The molecule has 0 amide bonds. The van der Waals surface area contributed by atoms with E-state index in [4.69, 9.17) is 9.47 Å². The summed E-state index contributed by atoms with van der Waals surface area (Å²) in [5.74, 6) is 0.635. The number of methoxy groups -OCH3 is 1. The summed E-state index contributed by atoms with van der Waals surface area (Å²) in [5.41, 5.74) is 4.12. The fraction of sp³-hybridized carbons (Fsp3) is 0.400. The Bertz CT molecular complexity index is 1440. The van der Waals surface area contributed by atoms with Crippen molar-refractivity contribution >= 4 is 17.0 Å². The van der Waals surface area contributed by atoms with Gasteiger partial charge in [0, 0.05) is 29.4 Å². The van der Waals surface area contributed by atoms with Crippen LogP contribution in [0.4, 0.5) is 4.79 Å². The van der Waals surface area contributed by atoms with Crippen molar-refractivity contribution in [1.29, 1.82) is 0 Å². The molecule has 1 saturated heterocycles. The Morgan fingerprint density at radius 3 is 2.55 bits per heavy atom. The summed E-state index contributed by atoms with van der Waals surface area (Å²) in [6.45, 7) is 8.91. The Hall–Kier alpha value is -3.78. The number of fused-ring (bicyclic) bond motifs is 1. The van der Waals surface area contributed by atoms with Crippen LogP contribution in [0.1, 0.15) is 58.4 Å². The third kappa shape index (κ3) is 5.27. The van der Waals surface area contributed by atoms with Crippen molar-refractivity contribution in [2.24, 2.45) is 0 Å². The summed E-state index contributed by atoms with van der Waals surface area (Å²) >= 11 is 0. The van der Waals surface area contributed by atoms with E-state index in [9.17, 15) is 4.79 Å². The zero-order chi connectivity index (χ0) is 26.9. The lowest BCUT2D eigenvalue weighted by molar-refractivity contribution is 0.0547. The van der Waals surface area contributed by atoms with Gasteiger partial charge in [0.05, 0.1) is 29.6 Å². The average Bonchev–Trinajstić information content (AvgIpc) is 3.31. The molecule has 1 aromatic carbocycles. The first-order valence-corrected chi connectivity index (χ1v) is 13.2. The second-order valence-corrected chi connectivity index (χ2v) is 10.9. The molecule has 4 aromatic rings. The van der Waals surface area contributed by atoms with Crippen LogP contribution >= 0.6 is 0 Å². The molecule has 0 radical (unpaired) electrons. The standard InChI is InChI=1S/C30H35N5O3/c1-19(24-8-6-7-13-32-24)21-9-10-22-17-27(35(26(22)16-21)29(36)38-30(2,3)4)23-18-25(33-34-28(23)37-5)20-11-14-31-15-12-20/h9-12,14-19,24,32H,6-8,13H2,1-5H3. The van der Waals surface area contributed by atoms with E-state index in [1.54, 1.807) is 24.1 Å². The molecular formula is C30H35N5O3. The van der Waals surface area contributed by atoms with Gasteiger partial charge >= 0.3 is 6.09 Å². The smallest absolute Gasteiger partial charge is 0.419 e. The van der Waals surface area contributed by atoms with E-state index in [2.05, 4.69) is 45.6 Å². The number of piperidine rings is 1. The molecule has 5 rings (SSSR count). The van der Waals surface area contributed by atoms with Crippen LogP contribution in [-0.4, -0.2) is 51.1 Å². The third-order valence-electron chi connectivity index (χ3n) is 7.09. The minimum atomic E-state index is -0.662. The third-order valence-corrected chi connectivity index (χ3v) is 7.09. The van der Waals surface area contributed by atoms with Gasteiger partial charge in [0.2, 0.25) is 5.88 Å². The van der Waals surface area contributed by atoms with Crippen molar-refractivity contribution in [1.82, 2.24) is 25.1 Å². The number of nitrogens with zero attached hydrogens (tertiary/aromatic N) is 4. The maximum absolute atomic E-state index is 13.7. The Morgan fingerprint density at radius 1 is 1.08 bits per heavy atom. The second-order valence-electron chi connectivity index (χ2n) is 10.9. The van der Waals surface area contributed by atoms with Crippen LogP contribution in [-0.2, 0) is 4.74 Å². The molecule has 38 heavy (non-hydrogen) atoms. The van der Waals surface area contributed by atoms with Gasteiger partial charge in [0.1, 0.15) is 5.60 Å². The highest BCUT2D eigenvalue weighted by atomic mass is 16.6. The predicted molar refractivity (Wildman–Crippen MR) is 148 cm³/mol. The maximum Gasteiger partial charge on any atom is 0.419 e. The number of nitrogens with one attached hydrogen (secondary N) is 1. The first-order chi connectivity index (χ1) is 18.2. The highest BCUT2D eigenvalue weighted by Gasteiger charge is 2.27. The van der Waals surface area contributed by atoms with Gasteiger partial charge < -0.3 is 14.8 Å². The first kappa shape index (κ1) is 25.9. The molecule has 0 aliphatic carbocycles. The number of rotatable bonds is 5. The molecular weight excluding hydrogens is 478 g/mol. The van der Waals surface area contributed by atoms with Crippen molar-refractivity contribution in [3.63, 3.8) is 0 Å². The number of carbonyl (C=O) groups excluding carboxylic acids is 1. The molecule has 4 heterocycles. The molecule has 2 unspecified atom stereocenters. The van der Waals surface area contributed by atoms with E-state index >= 15 is 0 Å². The lowest BCUT2D eigenvalue weighted by Crippen LogP contribution is -2.37. The van der Waals surface area contributed by atoms with Gasteiger partial charge in [-0.1, -0.05) is 25.5 Å². The lowest BCUT2D eigenvalue weighted by Gasteiger charge is -2.29. The van der Waals surface area contributed by atoms with Crippen LogP contribution in [0.2, 0.25) is 0 Å². The van der Waals surface area contributed by atoms with E-state index in [-0.39, 0.29) is 0 Å². The summed E-state index contributed by atoms with van der Waals surface area (Å²) in [4.78, 5) is 17.8. The monoisotopic (exact) mass is 513 g/mol. The molecule has 1 fully saturated rings. The van der Waals surface area contributed by atoms with Crippen molar-refractivity contribution in [3.05, 3.63) is 60.4 Å². The van der Waals surface area contributed by atoms with Crippen LogP contribution in [0.25, 0.3) is 33.4 Å². The number of carbonyl (C=O) groups is 1. The van der Waals surface area contributed by atoms with E-state index < -0.39 is 11.7 Å². The number of hydrogen-bond donors (Lipinski definition) is 1.